The van der Waals surface area contributed by atoms with Gasteiger partial charge >= 0.3 is 6.18 Å². The zero-order valence-corrected chi connectivity index (χ0v) is 10.7. The smallest absolute Gasteiger partial charge is 0.316 e. The molecule has 1 unspecified atom stereocenters. The molecule has 1 aliphatic heterocycles. The van der Waals surface area contributed by atoms with Crippen molar-refractivity contribution < 1.29 is 18.0 Å². The van der Waals surface area contributed by atoms with Crippen LogP contribution in [0.4, 0.5) is 13.2 Å². The Bertz CT molecular complexity index is 459. The lowest BCUT2D eigenvalue weighted by atomic mass is 9.76. The van der Waals surface area contributed by atoms with Crippen LogP contribution in [-0.2, 0) is 6.18 Å². The Morgan fingerprint density at radius 3 is 2.37 bits per heavy atom. The maximum Gasteiger partial charge on any atom is 0.416 e. The molecule has 1 saturated heterocycles. The number of halogens is 3. The fraction of sp³-hybridized carbons (Fsp3) is 0.500. The van der Waals surface area contributed by atoms with Crippen molar-refractivity contribution in [2.24, 2.45) is 5.41 Å². The summed E-state index contributed by atoms with van der Waals surface area (Å²) < 4.78 is 37.4. The van der Waals surface area contributed by atoms with Gasteiger partial charge in [0.05, 0.1) is 5.56 Å². The van der Waals surface area contributed by atoms with Gasteiger partial charge in [-0.2, -0.15) is 13.2 Å². The molecule has 2 rings (SSSR count). The van der Waals surface area contributed by atoms with Gasteiger partial charge in [-0.15, -0.1) is 0 Å². The van der Waals surface area contributed by atoms with Crippen molar-refractivity contribution in [2.45, 2.75) is 25.9 Å². The lowest BCUT2D eigenvalue weighted by Crippen LogP contribution is -2.43. The Balaban J connectivity index is 2.20. The minimum Gasteiger partial charge on any atom is -0.316 e. The topological polar surface area (TPSA) is 29.1 Å². The minimum absolute atomic E-state index is 0.0894. The third kappa shape index (κ3) is 2.97. The Morgan fingerprint density at radius 2 is 1.89 bits per heavy atom. The van der Waals surface area contributed by atoms with Gasteiger partial charge in [0, 0.05) is 17.5 Å². The molecule has 0 bridgehead atoms. The molecule has 0 aliphatic carbocycles. The van der Waals surface area contributed by atoms with Crippen molar-refractivity contribution in [1.29, 1.82) is 0 Å². The maximum absolute atomic E-state index is 12.5. The SMILES string of the molecule is CC1(C(=O)c2ccc(C(F)(F)F)cc2)CCCNC1. The fourth-order valence-electron chi connectivity index (χ4n) is 2.41. The van der Waals surface area contributed by atoms with Crippen molar-refractivity contribution in [3.8, 4) is 0 Å². The van der Waals surface area contributed by atoms with Gasteiger partial charge < -0.3 is 5.32 Å². The number of carbonyl (C=O) groups excluding carboxylic acids is 1. The van der Waals surface area contributed by atoms with E-state index in [-0.39, 0.29) is 5.78 Å². The van der Waals surface area contributed by atoms with Gasteiger partial charge in [0.1, 0.15) is 0 Å². The maximum atomic E-state index is 12.5. The van der Waals surface area contributed by atoms with Crippen LogP contribution in [0.25, 0.3) is 0 Å². The predicted octanol–water partition coefficient (Wildman–Crippen LogP) is 3.28. The van der Waals surface area contributed by atoms with E-state index < -0.39 is 17.2 Å². The molecule has 1 heterocycles. The zero-order valence-electron chi connectivity index (χ0n) is 10.7. The molecule has 0 saturated carbocycles. The molecule has 1 aromatic rings. The van der Waals surface area contributed by atoms with Crippen LogP contribution in [0.15, 0.2) is 24.3 Å². The van der Waals surface area contributed by atoms with Crippen LogP contribution in [0.1, 0.15) is 35.7 Å². The first-order chi connectivity index (χ1) is 8.83. The standard InChI is InChI=1S/C14H16F3NO/c1-13(7-2-8-18-9-13)12(19)10-3-5-11(6-4-10)14(15,16)17/h3-6,18H,2,7-9H2,1H3. The summed E-state index contributed by atoms with van der Waals surface area (Å²) in [6.45, 7) is 3.32. The lowest BCUT2D eigenvalue weighted by molar-refractivity contribution is -0.137. The van der Waals surface area contributed by atoms with Crippen LogP contribution < -0.4 is 5.32 Å². The van der Waals surface area contributed by atoms with E-state index in [2.05, 4.69) is 5.32 Å². The highest BCUT2D eigenvalue weighted by atomic mass is 19.4. The van der Waals surface area contributed by atoms with Gasteiger partial charge in [-0.3, -0.25) is 4.79 Å². The van der Waals surface area contributed by atoms with E-state index in [1.54, 1.807) is 0 Å². The van der Waals surface area contributed by atoms with E-state index in [1.165, 1.54) is 12.1 Å². The minimum atomic E-state index is -4.36. The molecule has 1 aliphatic rings. The average Bonchev–Trinajstić information content (AvgIpc) is 2.38. The second-order valence-corrected chi connectivity index (χ2v) is 5.25. The molecule has 19 heavy (non-hydrogen) atoms. The van der Waals surface area contributed by atoms with Crippen molar-refractivity contribution in [1.82, 2.24) is 5.32 Å². The first-order valence-corrected chi connectivity index (χ1v) is 6.26. The zero-order chi connectivity index (χ0) is 14.1. The van der Waals surface area contributed by atoms with E-state index in [1.807, 2.05) is 6.92 Å². The van der Waals surface area contributed by atoms with Gasteiger partial charge in [-0.1, -0.05) is 19.1 Å². The van der Waals surface area contributed by atoms with E-state index in [0.29, 0.717) is 12.1 Å². The average molecular weight is 271 g/mol. The quantitative estimate of drug-likeness (QED) is 0.836. The van der Waals surface area contributed by atoms with E-state index >= 15 is 0 Å². The number of benzene rings is 1. The summed E-state index contributed by atoms with van der Waals surface area (Å²) in [5, 5.41) is 3.16. The highest BCUT2D eigenvalue weighted by Crippen LogP contribution is 2.32. The second kappa shape index (κ2) is 4.96. The first kappa shape index (κ1) is 14.1. The third-order valence-electron chi connectivity index (χ3n) is 3.62. The van der Waals surface area contributed by atoms with Crippen LogP contribution in [0, 0.1) is 5.41 Å². The Morgan fingerprint density at radius 1 is 1.26 bits per heavy atom. The Kier molecular flexibility index (Phi) is 3.67. The summed E-state index contributed by atoms with van der Waals surface area (Å²) in [6.07, 6.45) is -2.69. The molecular weight excluding hydrogens is 255 g/mol. The highest BCUT2D eigenvalue weighted by molar-refractivity contribution is 6.00. The summed E-state index contributed by atoms with van der Waals surface area (Å²) in [4.78, 5) is 12.4. The molecule has 2 nitrogen and oxygen atoms in total. The van der Waals surface area contributed by atoms with Gasteiger partial charge in [0.2, 0.25) is 0 Å². The summed E-state index contributed by atoms with van der Waals surface area (Å²) >= 11 is 0. The Hall–Kier alpha value is -1.36. The van der Waals surface area contributed by atoms with Crippen molar-refractivity contribution >= 4 is 5.78 Å². The largest absolute Gasteiger partial charge is 0.416 e. The molecule has 1 aromatic carbocycles. The van der Waals surface area contributed by atoms with Crippen LogP contribution >= 0.6 is 0 Å². The number of alkyl halides is 3. The van der Waals surface area contributed by atoms with E-state index in [4.69, 9.17) is 0 Å². The number of rotatable bonds is 2. The predicted molar refractivity (Wildman–Crippen MR) is 66.0 cm³/mol. The highest BCUT2D eigenvalue weighted by Gasteiger charge is 2.36. The number of hydrogen-bond donors (Lipinski definition) is 1. The van der Waals surface area contributed by atoms with Crippen molar-refractivity contribution in [3.63, 3.8) is 0 Å². The summed E-state index contributed by atoms with van der Waals surface area (Å²) in [5.41, 5.74) is -0.895. The summed E-state index contributed by atoms with van der Waals surface area (Å²) in [5.74, 6) is -0.0894. The van der Waals surface area contributed by atoms with Crippen LogP contribution in [0.3, 0.4) is 0 Å². The number of nitrogens with one attached hydrogen (secondary N) is 1. The molecule has 104 valence electrons. The normalized spacial score (nSPS) is 24.2. The molecule has 5 heteroatoms. The molecule has 0 radical (unpaired) electrons. The number of piperidine rings is 1. The number of ketones is 1. The van der Waals surface area contributed by atoms with Crippen molar-refractivity contribution in [3.05, 3.63) is 35.4 Å². The fourth-order valence-corrected chi connectivity index (χ4v) is 2.41. The number of carbonyl (C=O) groups is 1. The van der Waals surface area contributed by atoms with E-state index in [9.17, 15) is 18.0 Å². The van der Waals surface area contributed by atoms with Crippen molar-refractivity contribution in [2.75, 3.05) is 13.1 Å². The van der Waals surface area contributed by atoms with Gasteiger partial charge in [0.15, 0.2) is 5.78 Å². The second-order valence-electron chi connectivity index (χ2n) is 5.25. The van der Waals surface area contributed by atoms with E-state index in [0.717, 1.165) is 31.5 Å². The Labute approximate surface area is 110 Å². The summed E-state index contributed by atoms with van der Waals surface area (Å²) in [6, 6.07) is 4.47. The molecule has 0 aromatic heterocycles. The molecule has 1 fully saturated rings. The monoisotopic (exact) mass is 271 g/mol. The van der Waals surface area contributed by atoms with Crippen LogP contribution in [-0.4, -0.2) is 18.9 Å². The summed E-state index contributed by atoms with van der Waals surface area (Å²) in [7, 11) is 0. The molecule has 1 atom stereocenters. The van der Waals surface area contributed by atoms with Crippen LogP contribution in [0.2, 0.25) is 0 Å². The number of Topliss-reactive ketones (excluding diaryl/α,β-unsaturated/α-hetero) is 1. The first-order valence-electron chi connectivity index (χ1n) is 6.26. The van der Waals surface area contributed by atoms with Crippen LogP contribution in [0.5, 0.6) is 0 Å². The third-order valence-corrected chi connectivity index (χ3v) is 3.62. The molecular formula is C14H16F3NO. The lowest BCUT2D eigenvalue weighted by Gasteiger charge is -2.32. The van der Waals surface area contributed by atoms with Gasteiger partial charge in [-0.05, 0) is 31.5 Å². The molecule has 1 N–H and O–H groups in total. The molecule has 0 amide bonds. The number of hydrogen-bond acceptors (Lipinski definition) is 2. The molecule has 0 spiro atoms. The van der Waals surface area contributed by atoms with Gasteiger partial charge in [0.25, 0.3) is 0 Å². The van der Waals surface area contributed by atoms with Gasteiger partial charge in [-0.25, -0.2) is 0 Å².